The molecule has 4 rings (SSSR count). The molecule has 3 aromatic rings. The summed E-state index contributed by atoms with van der Waals surface area (Å²) in [6, 6.07) is 11.7. The van der Waals surface area contributed by atoms with Crippen molar-refractivity contribution in [3.8, 4) is 11.1 Å². The third-order valence-electron chi connectivity index (χ3n) is 4.26. The molecule has 3 heterocycles. The van der Waals surface area contributed by atoms with Crippen LogP contribution < -0.4 is 4.90 Å². The van der Waals surface area contributed by atoms with Crippen molar-refractivity contribution in [1.29, 1.82) is 0 Å². The second kappa shape index (κ2) is 5.48. The SMILES string of the molecule is O=C1CC(CO)CN1c1ccc(-c2cnn3ncccc23)cc1. The molecule has 0 radical (unpaired) electrons. The Morgan fingerprint density at radius 2 is 2.00 bits per heavy atom. The lowest BCUT2D eigenvalue weighted by Crippen LogP contribution is -2.24. The first-order chi connectivity index (χ1) is 11.3. The van der Waals surface area contributed by atoms with Crippen LogP contribution in [-0.2, 0) is 4.79 Å². The quantitative estimate of drug-likeness (QED) is 0.800. The van der Waals surface area contributed by atoms with Crippen LogP contribution in [0.1, 0.15) is 6.42 Å². The molecule has 0 bridgehead atoms. The molecule has 0 saturated carbocycles. The molecule has 0 aliphatic carbocycles. The number of fused-ring (bicyclic) bond motifs is 1. The van der Waals surface area contributed by atoms with Gasteiger partial charge in [-0.25, -0.2) is 0 Å². The zero-order valence-corrected chi connectivity index (χ0v) is 12.5. The number of amides is 1. The Morgan fingerprint density at radius 1 is 1.17 bits per heavy atom. The summed E-state index contributed by atoms with van der Waals surface area (Å²) in [6.45, 7) is 0.630. The van der Waals surface area contributed by atoms with Gasteiger partial charge in [-0.05, 0) is 29.8 Å². The van der Waals surface area contributed by atoms with E-state index >= 15 is 0 Å². The monoisotopic (exact) mass is 308 g/mol. The Hall–Kier alpha value is -2.73. The fraction of sp³-hybridized carbons (Fsp3) is 0.235. The van der Waals surface area contributed by atoms with Crippen molar-refractivity contribution in [1.82, 2.24) is 14.8 Å². The van der Waals surface area contributed by atoms with Gasteiger partial charge in [-0.15, -0.1) is 0 Å². The number of carbonyl (C=O) groups excluding carboxylic acids is 1. The molecule has 116 valence electrons. The standard InChI is InChI=1S/C17H16N4O2/c22-11-12-8-17(23)20(10-12)14-5-3-13(4-6-14)15-9-19-21-16(15)2-1-7-18-21/h1-7,9,12,22H,8,10-11H2. The van der Waals surface area contributed by atoms with Crippen molar-refractivity contribution in [2.45, 2.75) is 6.42 Å². The summed E-state index contributed by atoms with van der Waals surface area (Å²) in [6.07, 6.45) is 3.90. The van der Waals surface area contributed by atoms with Crippen LogP contribution in [0.4, 0.5) is 5.69 Å². The maximum atomic E-state index is 12.0. The molecule has 1 N–H and O–H groups in total. The average Bonchev–Trinajstić information content (AvgIpc) is 3.18. The summed E-state index contributed by atoms with van der Waals surface area (Å²) < 4.78 is 1.60. The summed E-state index contributed by atoms with van der Waals surface area (Å²) in [5.74, 6) is 0.102. The van der Waals surface area contributed by atoms with E-state index in [-0.39, 0.29) is 18.4 Å². The fourth-order valence-electron chi connectivity index (χ4n) is 3.03. The molecule has 1 unspecified atom stereocenters. The van der Waals surface area contributed by atoms with Gasteiger partial charge in [0.1, 0.15) is 0 Å². The van der Waals surface area contributed by atoms with Gasteiger partial charge < -0.3 is 10.0 Å². The van der Waals surface area contributed by atoms with Crippen LogP contribution in [0.5, 0.6) is 0 Å². The van der Waals surface area contributed by atoms with E-state index in [2.05, 4.69) is 10.2 Å². The highest BCUT2D eigenvalue weighted by Gasteiger charge is 2.29. The van der Waals surface area contributed by atoms with Gasteiger partial charge >= 0.3 is 0 Å². The van der Waals surface area contributed by atoms with E-state index in [1.807, 2.05) is 36.4 Å². The summed E-state index contributed by atoms with van der Waals surface area (Å²) in [7, 11) is 0. The molecule has 1 fully saturated rings. The summed E-state index contributed by atoms with van der Waals surface area (Å²) >= 11 is 0. The minimum atomic E-state index is 0.0351. The Morgan fingerprint density at radius 3 is 2.74 bits per heavy atom. The number of rotatable bonds is 3. The Balaban J connectivity index is 1.65. The number of anilines is 1. The number of nitrogens with zero attached hydrogens (tertiary/aromatic N) is 4. The smallest absolute Gasteiger partial charge is 0.227 e. The summed E-state index contributed by atoms with van der Waals surface area (Å²) in [5, 5.41) is 17.6. The highest BCUT2D eigenvalue weighted by atomic mass is 16.3. The van der Waals surface area contributed by atoms with E-state index in [0.717, 1.165) is 22.3 Å². The van der Waals surface area contributed by atoms with Crippen molar-refractivity contribution in [3.63, 3.8) is 0 Å². The lowest BCUT2D eigenvalue weighted by atomic mass is 10.1. The first-order valence-electron chi connectivity index (χ1n) is 7.57. The van der Waals surface area contributed by atoms with Crippen molar-refractivity contribution < 1.29 is 9.90 Å². The Kier molecular flexibility index (Phi) is 3.31. The number of aromatic nitrogens is 3. The van der Waals surface area contributed by atoms with Gasteiger partial charge in [0, 0.05) is 42.9 Å². The molecule has 6 nitrogen and oxygen atoms in total. The Labute approximate surface area is 133 Å². The predicted octanol–water partition coefficient (Wildman–Crippen LogP) is 1.74. The van der Waals surface area contributed by atoms with E-state index < -0.39 is 0 Å². The lowest BCUT2D eigenvalue weighted by molar-refractivity contribution is -0.117. The maximum absolute atomic E-state index is 12.0. The van der Waals surface area contributed by atoms with Gasteiger partial charge in [0.05, 0.1) is 11.7 Å². The van der Waals surface area contributed by atoms with Crippen LogP contribution in [0.3, 0.4) is 0 Å². The zero-order valence-electron chi connectivity index (χ0n) is 12.5. The van der Waals surface area contributed by atoms with Crippen LogP contribution in [0, 0.1) is 5.92 Å². The molecule has 6 heteroatoms. The second-order valence-corrected chi connectivity index (χ2v) is 5.76. The average molecular weight is 308 g/mol. The van der Waals surface area contributed by atoms with E-state index in [4.69, 9.17) is 0 Å². The highest BCUT2D eigenvalue weighted by Crippen LogP contribution is 2.29. The van der Waals surface area contributed by atoms with Crippen LogP contribution >= 0.6 is 0 Å². The number of aliphatic hydroxyl groups is 1. The third-order valence-corrected chi connectivity index (χ3v) is 4.26. The van der Waals surface area contributed by atoms with Crippen LogP contribution in [0.25, 0.3) is 16.6 Å². The fourth-order valence-corrected chi connectivity index (χ4v) is 3.03. The minimum Gasteiger partial charge on any atom is -0.396 e. The first kappa shape index (κ1) is 13.9. The number of hydrogen-bond acceptors (Lipinski definition) is 4. The summed E-state index contributed by atoms with van der Waals surface area (Å²) in [4.78, 5) is 13.8. The van der Waals surface area contributed by atoms with Crippen molar-refractivity contribution in [2.24, 2.45) is 5.92 Å². The van der Waals surface area contributed by atoms with Crippen molar-refractivity contribution >= 4 is 17.1 Å². The van der Waals surface area contributed by atoms with Gasteiger partial charge in [0.15, 0.2) is 0 Å². The van der Waals surface area contributed by atoms with Gasteiger partial charge in [-0.3, -0.25) is 4.79 Å². The van der Waals surface area contributed by atoms with Crippen LogP contribution in [0.2, 0.25) is 0 Å². The molecule has 1 aliphatic rings. The molecule has 2 aromatic heterocycles. The normalized spacial score (nSPS) is 18.0. The van der Waals surface area contributed by atoms with E-state index in [9.17, 15) is 9.90 Å². The third kappa shape index (κ3) is 2.37. The molecule has 0 spiro atoms. The maximum Gasteiger partial charge on any atom is 0.227 e. The Bertz CT molecular complexity index is 856. The molecule has 1 saturated heterocycles. The minimum absolute atomic E-state index is 0.0351. The topological polar surface area (TPSA) is 70.7 Å². The van der Waals surface area contributed by atoms with Crippen molar-refractivity contribution in [2.75, 3.05) is 18.1 Å². The van der Waals surface area contributed by atoms with Gasteiger partial charge in [0.2, 0.25) is 5.91 Å². The number of benzene rings is 1. The molecule has 1 amide bonds. The first-order valence-corrected chi connectivity index (χ1v) is 7.57. The van der Waals surface area contributed by atoms with E-state index in [1.54, 1.807) is 21.9 Å². The van der Waals surface area contributed by atoms with Gasteiger partial charge in [-0.2, -0.15) is 14.8 Å². The van der Waals surface area contributed by atoms with Gasteiger partial charge in [0.25, 0.3) is 0 Å². The molecular weight excluding hydrogens is 292 g/mol. The van der Waals surface area contributed by atoms with E-state index in [1.165, 1.54) is 0 Å². The molecule has 1 aliphatic heterocycles. The molecule has 1 atom stereocenters. The zero-order chi connectivity index (χ0) is 15.8. The lowest BCUT2D eigenvalue weighted by Gasteiger charge is -2.16. The number of hydrogen-bond donors (Lipinski definition) is 1. The largest absolute Gasteiger partial charge is 0.396 e. The second-order valence-electron chi connectivity index (χ2n) is 5.76. The highest BCUT2D eigenvalue weighted by molar-refractivity contribution is 5.96. The van der Waals surface area contributed by atoms with Gasteiger partial charge in [-0.1, -0.05) is 12.1 Å². The molecular formula is C17H16N4O2. The summed E-state index contributed by atoms with van der Waals surface area (Å²) in [5.41, 5.74) is 3.84. The number of aliphatic hydroxyl groups excluding tert-OH is 1. The number of carbonyl (C=O) groups is 1. The molecule has 23 heavy (non-hydrogen) atoms. The van der Waals surface area contributed by atoms with Crippen molar-refractivity contribution in [3.05, 3.63) is 48.8 Å². The van der Waals surface area contributed by atoms with Crippen LogP contribution in [-0.4, -0.2) is 39.0 Å². The predicted molar refractivity (Wildman–Crippen MR) is 86.0 cm³/mol. The molecule has 1 aromatic carbocycles. The van der Waals surface area contributed by atoms with E-state index in [0.29, 0.717) is 13.0 Å². The van der Waals surface area contributed by atoms with Crippen LogP contribution in [0.15, 0.2) is 48.8 Å².